The van der Waals surface area contributed by atoms with E-state index in [0.717, 1.165) is 18.4 Å². The maximum atomic E-state index is 12.9. The van der Waals surface area contributed by atoms with Gasteiger partial charge in [0.25, 0.3) is 0 Å². The second kappa shape index (κ2) is 8.73. The molecule has 0 radical (unpaired) electrons. The SMILES string of the molecule is CC(C)Oc1cccc(NC(=O)CN(c2cccc(C(F)(F)F)c2)S(C)(=O)=O)c1. The molecule has 1 amide bonds. The van der Waals surface area contributed by atoms with Gasteiger partial charge in [-0.15, -0.1) is 0 Å². The predicted molar refractivity (Wildman–Crippen MR) is 104 cm³/mol. The highest BCUT2D eigenvalue weighted by molar-refractivity contribution is 7.92. The van der Waals surface area contributed by atoms with E-state index in [0.29, 0.717) is 21.8 Å². The standard InChI is InChI=1S/C19H21F3N2O4S/c1-13(2)28-17-9-5-7-15(11-17)23-18(25)12-24(29(3,26)27)16-8-4-6-14(10-16)19(20,21)22/h4-11,13H,12H2,1-3H3,(H,23,25). The van der Waals surface area contributed by atoms with Gasteiger partial charge in [-0.05, 0) is 44.2 Å². The Bertz CT molecular complexity index is 975. The molecular formula is C19H21F3N2O4S. The van der Waals surface area contributed by atoms with Crippen molar-refractivity contribution in [2.75, 3.05) is 22.4 Å². The Morgan fingerprint density at radius 1 is 1.14 bits per heavy atom. The number of ether oxygens (including phenoxy) is 1. The van der Waals surface area contributed by atoms with Crippen LogP contribution >= 0.6 is 0 Å². The Balaban J connectivity index is 2.23. The molecule has 0 heterocycles. The molecule has 0 saturated heterocycles. The zero-order valence-electron chi connectivity index (χ0n) is 16.0. The van der Waals surface area contributed by atoms with Crippen LogP contribution in [0.15, 0.2) is 48.5 Å². The lowest BCUT2D eigenvalue weighted by molar-refractivity contribution is -0.137. The van der Waals surface area contributed by atoms with Gasteiger partial charge in [-0.25, -0.2) is 8.42 Å². The molecule has 2 aromatic carbocycles. The Labute approximate surface area is 167 Å². The third-order valence-corrected chi connectivity index (χ3v) is 4.78. The van der Waals surface area contributed by atoms with Crippen molar-refractivity contribution in [3.8, 4) is 5.75 Å². The first-order chi connectivity index (χ1) is 13.4. The molecule has 0 spiro atoms. The van der Waals surface area contributed by atoms with E-state index in [9.17, 15) is 26.4 Å². The molecule has 0 unspecified atom stereocenters. The number of alkyl halides is 3. The number of amides is 1. The molecule has 2 aromatic rings. The van der Waals surface area contributed by atoms with E-state index in [-0.39, 0.29) is 11.8 Å². The molecule has 0 aromatic heterocycles. The number of nitrogens with one attached hydrogen (secondary N) is 1. The summed E-state index contributed by atoms with van der Waals surface area (Å²) in [5.74, 6) is -0.204. The van der Waals surface area contributed by atoms with E-state index in [1.807, 2.05) is 13.8 Å². The van der Waals surface area contributed by atoms with Crippen LogP contribution in [0.1, 0.15) is 19.4 Å². The summed E-state index contributed by atoms with van der Waals surface area (Å²) in [4.78, 5) is 12.4. The number of sulfonamides is 1. The Kier molecular flexibility index (Phi) is 6.78. The van der Waals surface area contributed by atoms with Crippen LogP contribution in [-0.4, -0.2) is 33.2 Å². The first kappa shape index (κ1) is 22.5. The Morgan fingerprint density at radius 2 is 1.79 bits per heavy atom. The van der Waals surface area contributed by atoms with Crippen LogP contribution in [0.3, 0.4) is 0 Å². The van der Waals surface area contributed by atoms with Gasteiger partial charge < -0.3 is 10.1 Å². The zero-order valence-corrected chi connectivity index (χ0v) is 16.8. The summed E-state index contributed by atoms with van der Waals surface area (Å²) in [6.45, 7) is 2.99. The van der Waals surface area contributed by atoms with Crippen LogP contribution in [0.5, 0.6) is 5.75 Å². The van der Waals surface area contributed by atoms with Gasteiger partial charge in [0, 0.05) is 11.8 Å². The second-order valence-electron chi connectivity index (χ2n) is 6.56. The first-order valence-corrected chi connectivity index (χ1v) is 10.4. The van der Waals surface area contributed by atoms with Gasteiger partial charge in [-0.3, -0.25) is 9.10 Å². The fourth-order valence-corrected chi connectivity index (χ4v) is 3.34. The fraction of sp³-hybridized carbons (Fsp3) is 0.316. The predicted octanol–water partition coefficient (Wildman–Crippen LogP) is 3.90. The number of anilines is 2. The van der Waals surface area contributed by atoms with E-state index < -0.39 is 34.2 Å². The fourth-order valence-electron chi connectivity index (χ4n) is 2.49. The number of carbonyl (C=O) groups excluding carboxylic acids is 1. The van der Waals surface area contributed by atoms with E-state index in [1.165, 1.54) is 6.07 Å². The van der Waals surface area contributed by atoms with Gasteiger partial charge in [-0.1, -0.05) is 12.1 Å². The van der Waals surface area contributed by atoms with Crippen molar-refractivity contribution >= 4 is 27.3 Å². The number of halogens is 3. The maximum absolute atomic E-state index is 12.9. The van der Waals surface area contributed by atoms with Crippen LogP contribution in [-0.2, 0) is 21.0 Å². The van der Waals surface area contributed by atoms with Crippen molar-refractivity contribution in [3.63, 3.8) is 0 Å². The average molecular weight is 430 g/mol. The lowest BCUT2D eigenvalue weighted by Gasteiger charge is -2.23. The van der Waals surface area contributed by atoms with Gasteiger partial charge in [0.15, 0.2) is 0 Å². The number of nitrogens with zero attached hydrogens (tertiary/aromatic N) is 1. The van der Waals surface area contributed by atoms with Gasteiger partial charge in [-0.2, -0.15) is 13.2 Å². The lowest BCUT2D eigenvalue weighted by atomic mass is 10.2. The minimum Gasteiger partial charge on any atom is -0.491 e. The molecule has 0 fully saturated rings. The molecule has 0 aliphatic carbocycles. The highest BCUT2D eigenvalue weighted by Crippen LogP contribution is 2.32. The summed E-state index contributed by atoms with van der Waals surface area (Å²) in [5, 5.41) is 2.53. The van der Waals surface area contributed by atoms with Gasteiger partial charge in [0.1, 0.15) is 12.3 Å². The molecule has 2 rings (SSSR count). The zero-order chi connectivity index (χ0) is 21.8. The summed E-state index contributed by atoms with van der Waals surface area (Å²) in [6, 6.07) is 10.3. The smallest absolute Gasteiger partial charge is 0.416 e. The molecule has 0 atom stereocenters. The maximum Gasteiger partial charge on any atom is 0.416 e. The molecule has 158 valence electrons. The van der Waals surface area contributed by atoms with Gasteiger partial charge in [0.05, 0.1) is 23.6 Å². The highest BCUT2D eigenvalue weighted by Gasteiger charge is 2.32. The average Bonchev–Trinajstić information content (AvgIpc) is 2.58. The Hall–Kier alpha value is -2.75. The quantitative estimate of drug-likeness (QED) is 0.723. The van der Waals surface area contributed by atoms with Crippen LogP contribution in [0.4, 0.5) is 24.5 Å². The van der Waals surface area contributed by atoms with Crippen molar-refractivity contribution < 1.29 is 31.1 Å². The van der Waals surface area contributed by atoms with E-state index in [4.69, 9.17) is 4.74 Å². The largest absolute Gasteiger partial charge is 0.491 e. The summed E-state index contributed by atoms with van der Waals surface area (Å²) >= 11 is 0. The molecule has 0 saturated carbocycles. The van der Waals surface area contributed by atoms with Crippen LogP contribution in [0.2, 0.25) is 0 Å². The summed E-state index contributed by atoms with van der Waals surface area (Å²) < 4.78 is 69.2. The van der Waals surface area contributed by atoms with Crippen LogP contribution < -0.4 is 14.4 Å². The third kappa shape index (κ3) is 6.67. The molecular weight excluding hydrogens is 409 g/mol. The molecule has 0 aliphatic heterocycles. The van der Waals surface area contributed by atoms with Crippen LogP contribution in [0.25, 0.3) is 0 Å². The number of carbonyl (C=O) groups is 1. The topological polar surface area (TPSA) is 75.7 Å². The second-order valence-corrected chi connectivity index (χ2v) is 8.47. The van der Waals surface area contributed by atoms with E-state index >= 15 is 0 Å². The van der Waals surface area contributed by atoms with E-state index in [1.54, 1.807) is 24.3 Å². The number of hydrogen-bond donors (Lipinski definition) is 1. The van der Waals surface area contributed by atoms with Crippen LogP contribution in [0, 0.1) is 0 Å². The first-order valence-electron chi connectivity index (χ1n) is 8.58. The molecule has 29 heavy (non-hydrogen) atoms. The highest BCUT2D eigenvalue weighted by atomic mass is 32.2. The summed E-state index contributed by atoms with van der Waals surface area (Å²) in [5.41, 5.74) is -0.900. The van der Waals surface area contributed by atoms with Crippen molar-refractivity contribution in [2.24, 2.45) is 0 Å². The molecule has 10 heteroatoms. The summed E-state index contributed by atoms with van der Waals surface area (Å²) in [7, 11) is -4.01. The van der Waals surface area contributed by atoms with Crippen molar-refractivity contribution in [3.05, 3.63) is 54.1 Å². The normalized spacial score (nSPS) is 12.0. The molecule has 0 aliphatic rings. The van der Waals surface area contributed by atoms with Gasteiger partial charge >= 0.3 is 6.18 Å². The van der Waals surface area contributed by atoms with Gasteiger partial charge in [0.2, 0.25) is 15.9 Å². The minimum absolute atomic E-state index is 0.0809. The number of benzene rings is 2. The van der Waals surface area contributed by atoms with Crippen molar-refractivity contribution in [2.45, 2.75) is 26.1 Å². The molecule has 0 bridgehead atoms. The Morgan fingerprint density at radius 3 is 2.38 bits per heavy atom. The van der Waals surface area contributed by atoms with Crippen molar-refractivity contribution in [1.82, 2.24) is 0 Å². The minimum atomic E-state index is -4.64. The molecule has 1 N–H and O–H groups in total. The lowest BCUT2D eigenvalue weighted by Crippen LogP contribution is -2.37. The molecule has 6 nitrogen and oxygen atoms in total. The number of hydrogen-bond acceptors (Lipinski definition) is 4. The number of rotatable bonds is 7. The van der Waals surface area contributed by atoms with Crippen molar-refractivity contribution in [1.29, 1.82) is 0 Å². The summed E-state index contributed by atoms with van der Waals surface area (Å²) in [6.07, 6.45) is -3.90. The monoisotopic (exact) mass is 430 g/mol. The third-order valence-electron chi connectivity index (χ3n) is 3.64. The van der Waals surface area contributed by atoms with E-state index in [2.05, 4.69) is 5.32 Å².